The normalized spacial score (nSPS) is 12.9. The minimum Gasteiger partial charge on any atom is -0.509 e. The number of benzene rings is 6. The van der Waals surface area contributed by atoms with E-state index < -0.39 is 0 Å². The van der Waals surface area contributed by atoms with Gasteiger partial charge in [-0.05, 0) is 59.0 Å². The molecule has 6 heteroatoms. The summed E-state index contributed by atoms with van der Waals surface area (Å²) in [7, 11) is 0. The molecule has 0 atom stereocenters. The van der Waals surface area contributed by atoms with Gasteiger partial charge in [0.1, 0.15) is 5.82 Å². The van der Waals surface area contributed by atoms with Crippen LogP contribution in [0.3, 0.4) is 0 Å². The molecule has 0 saturated carbocycles. The minimum atomic E-state index is 0. The van der Waals surface area contributed by atoms with Crippen LogP contribution in [-0.4, -0.2) is 4.98 Å². The van der Waals surface area contributed by atoms with Gasteiger partial charge in [-0.2, -0.15) is 12.1 Å². The summed E-state index contributed by atoms with van der Waals surface area (Å²) < 4.78 is 6.58. The number of pyridine rings is 1. The van der Waals surface area contributed by atoms with Gasteiger partial charge in [-0.15, -0.1) is 48.3 Å². The molecule has 0 bridgehead atoms. The molecule has 0 N–H and O–H groups in total. The third-order valence-electron chi connectivity index (χ3n) is 9.53. The molecular weight excluding hydrogens is 820 g/mol. The summed E-state index contributed by atoms with van der Waals surface area (Å²) in [6.45, 7) is 8.85. The van der Waals surface area contributed by atoms with Crippen LogP contribution in [0.4, 0.5) is 39.9 Å². The van der Waals surface area contributed by atoms with Crippen molar-refractivity contribution in [1.29, 1.82) is 0 Å². The van der Waals surface area contributed by atoms with Crippen molar-refractivity contribution in [3.8, 4) is 33.8 Å². The first-order valence-electron chi connectivity index (χ1n) is 17.2. The second kappa shape index (κ2) is 13.5. The van der Waals surface area contributed by atoms with Gasteiger partial charge in [0.2, 0.25) is 0 Å². The monoisotopic (exact) mass is 854 g/mol. The zero-order chi connectivity index (χ0) is 34.5. The molecule has 0 saturated heterocycles. The molecule has 5 nitrogen and oxygen atoms in total. The Morgan fingerprint density at radius 3 is 1.90 bits per heavy atom. The predicted octanol–water partition coefficient (Wildman–Crippen LogP) is 12.3. The fourth-order valence-electron chi connectivity index (χ4n) is 7.00. The van der Waals surface area contributed by atoms with Crippen molar-refractivity contribution in [2.45, 2.75) is 26.2 Å². The molecule has 0 spiro atoms. The average molecular weight is 855 g/mol. The fourth-order valence-corrected chi connectivity index (χ4v) is 7.00. The molecule has 0 unspecified atom stereocenters. The summed E-state index contributed by atoms with van der Waals surface area (Å²) in [5.74, 6) is 1.99. The van der Waals surface area contributed by atoms with Crippen LogP contribution in [0, 0.1) is 18.8 Å². The van der Waals surface area contributed by atoms with Crippen LogP contribution in [0.1, 0.15) is 26.3 Å². The summed E-state index contributed by atoms with van der Waals surface area (Å²) in [5, 5.41) is 0. The summed E-state index contributed by atoms with van der Waals surface area (Å²) >= 11 is 0. The number of nitrogens with zero attached hydrogens (tertiary/aromatic N) is 4. The molecule has 0 aliphatic carbocycles. The van der Waals surface area contributed by atoms with E-state index in [9.17, 15) is 0 Å². The van der Waals surface area contributed by atoms with Crippen molar-refractivity contribution in [2.75, 3.05) is 14.7 Å². The molecular formula is C46H35N4OPt-3. The number of rotatable bonds is 5. The summed E-state index contributed by atoms with van der Waals surface area (Å²) in [6.07, 6.45) is 1.83. The largest absolute Gasteiger partial charge is 0.509 e. The smallest absolute Gasteiger partial charge is 0.135 e. The third-order valence-corrected chi connectivity index (χ3v) is 9.53. The molecule has 7 aromatic rings. The molecule has 3 heterocycles. The molecule has 0 fully saturated rings. The van der Waals surface area contributed by atoms with Gasteiger partial charge >= 0.3 is 0 Å². The molecule has 1 aromatic heterocycles. The number of ether oxygens (including phenoxy) is 1. The van der Waals surface area contributed by atoms with E-state index in [2.05, 4.69) is 163 Å². The Labute approximate surface area is 320 Å². The predicted molar refractivity (Wildman–Crippen MR) is 208 cm³/mol. The summed E-state index contributed by atoms with van der Waals surface area (Å²) in [5.41, 5.74) is 11.9. The van der Waals surface area contributed by atoms with Gasteiger partial charge in [0.25, 0.3) is 0 Å². The molecule has 6 aromatic carbocycles. The van der Waals surface area contributed by atoms with Gasteiger partial charge in [-0.1, -0.05) is 105 Å². The van der Waals surface area contributed by atoms with Crippen LogP contribution in [0.25, 0.3) is 22.3 Å². The van der Waals surface area contributed by atoms with Crippen molar-refractivity contribution in [1.82, 2.24) is 4.98 Å². The van der Waals surface area contributed by atoms with Crippen molar-refractivity contribution >= 4 is 39.9 Å². The first-order chi connectivity index (χ1) is 24.9. The Bertz CT molecular complexity index is 2390. The zero-order valence-electron chi connectivity index (χ0n) is 29.0. The van der Waals surface area contributed by atoms with Gasteiger partial charge in [0.05, 0.1) is 5.69 Å². The molecule has 52 heavy (non-hydrogen) atoms. The second-order valence-corrected chi connectivity index (χ2v) is 13.8. The van der Waals surface area contributed by atoms with Gasteiger partial charge in [-0.25, -0.2) is 4.98 Å². The van der Waals surface area contributed by atoms with Crippen LogP contribution in [-0.2, 0) is 26.5 Å². The van der Waals surface area contributed by atoms with Gasteiger partial charge < -0.3 is 19.4 Å². The van der Waals surface area contributed by atoms with E-state index in [1.807, 2.05) is 42.6 Å². The maximum atomic E-state index is 6.58. The Hall–Kier alpha value is -5.64. The van der Waals surface area contributed by atoms with Crippen LogP contribution in [0.5, 0.6) is 11.5 Å². The van der Waals surface area contributed by atoms with Gasteiger partial charge in [0.15, 0.2) is 0 Å². The Balaban J connectivity index is 0.00000387. The van der Waals surface area contributed by atoms with E-state index in [4.69, 9.17) is 9.72 Å². The number of fused-ring (bicyclic) bond motifs is 6. The van der Waals surface area contributed by atoms with Crippen molar-refractivity contribution in [3.05, 3.63) is 176 Å². The van der Waals surface area contributed by atoms with Crippen molar-refractivity contribution < 1.29 is 25.8 Å². The van der Waals surface area contributed by atoms with Crippen LogP contribution >= 0.6 is 0 Å². The number of hydrogen-bond donors (Lipinski definition) is 0. The number of para-hydroxylation sites is 3. The molecule has 2 aliphatic rings. The Morgan fingerprint density at radius 2 is 1.19 bits per heavy atom. The maximum Gasteiger partial charge on any atom is 0.135 e. The van der Waals surface area contributed by atoms with Crippen LogP contribution in [0.15, 0.2) is 152 Å². The SMILES string of the molecule is CC(C)(C)c1ccc(N2[CH-]N(c3[c-]c(Oc4[c-]c5c(cc4)-c4ccccc4-c4ccccc4N5c4ccccn4)ccc3)c3ccccc32)cc1.[Pt]. The summed E-state index contributed by atoms with van der Waals surface area (Å²) in [6, 6.07) is 57.5. The maximum absolute atomic E-state index is 6.58. The van der Waals surface area contributed by atoms with E-state index in [0.717, 1.165) is 62.2 Å². The summed E-state index contributed by atoms with van der Waals surface area (Å²) in [4.78, 5) is 11.3. The van der Waals surface area contributed by atoms with Crippen molar-refractivity contribution in [3.63, 3.8) is 0 Å². The molecule has 0 radical (unpaired) electrons. The first-order valence-corrected chi connectivity index (χ1v) is 17.2. The quantitative estimate of drug-likeness (QED) is 0.161. The van der Waals surface area contributed by atoms with Gasteiger partial charge in [-0.3, -0.25) is 0 Å². The minimum absolute atomic E-state index is 0. The van der Waals surface area contributed by atoms with E-state index in [1.54, 1.807) is 0 Å². The van der Waals surface area contributed by atoms with Gasteiger partial charge in [0, 0.05) is 61.4 Å². The second-order valence-electron chi connectivity index (χ2n) is 13.8. The Kier molecular flexibility index (Phi) is 8.69. The Morgan fingerprint density at radius 1 is 0.558 bits per heavy atom. The van der Waals surface area contributed by atoms with E-state index in [1.165, 1.54) is 5.56 Å². The van der Waals surface area contributed by atoms with E-state index in [0.29, 0.717) is 11.5 Å². The zero-order valence-corrected chi connectivity index (χ0v) is 31.3. The molecule has 258 valence electrons. The number of hydrogen-bond acceptors (Lipinski definition) is 5. The van der Waals surface area contributed by atoms with Crippen molar-refractivity contribution in [2.24, 2.45) is 0 Å². The molecule has 9 rings (SSSR count). The molecule has 0 amide bonds. The van der Waals surface area contributed by atoms with E-state index in [-0.39, 0.29) is 26.5 Å². The van der Waals surface area contributed by atoms with E-state index >= 15 is 0 Å². The third kappa shape index (κ3) is 5.95. The number of anilines is 7. The average Bonchev–Trinajstić information content (AvgIpc) is 3.50. The van der Waals surface area contributed by atoms with Crippen LogP contribution < -0.4 is 19.4 Å². The molecule has 2 aliphatic heterocycles. The number of aromatic nitrogens is 1. The fraction of sp³-hybridized carbons (Fsp3) is 0.0870. The topological polar surface area (TPSA) is 31.8 Å². The first kappa shape index (κ1) is 33.5. The standard InChI is InChI=1S/C46H35N4O.Pt/c1-46(2,3)32-22-24-33(25-23-32)48-31-49(43-20-9-8-19-42(43)48)34-13-12-14-35(29-34)51-36-26-27-40-38-16-5-4-15-37(38)39-17-6-7-18-41(39)50(44(40)30-36)45-21-10-11-28-47-45;/h4-28,31H,1-3H3;/q-3;. The van der Waals surface area contributed by atoms with Crippen LogP contribution in [0.2, 0.25) is 0 Å².